The van der Waals surface area contributed by atoms with Crippen molar-refractivity contribution in [3.63, 3.8) is 0 Å². The molecule has 0 radical (unpaired) electrons. The summed E-state index contributed by atoms with van der Waals surface area (Å²) in [4.78, 5) is 13.8. The number of hydrogen-bond donors (Lipinski definition) is 2. The van der Waals surface area contributed by atoms with E-state index in [9.17, 15) is 9.90 Å². The summed E-state index contributed by atoms with van der Waals surface area (Å²) in [5, 5.41) is 13.4. The molecule has 1 aromatic rings. The van der Waals surface area contributed by atoms with Crippen molar-refractivity contribution in [1.82, 2.24) is 10.2 Å². The number of benzene rings is 1. The topological polar surface area (TPSA) is 61.8 Å². The minimum Gasteiger partial charge on any atom is -0.497 e. The first-order valence-corrected chi connectivity index (χ1v) is 8.76. The number of ether oxygens (including phenoxy) is 1. The molecule has 0 saturated heterocycles. The Kier molecular flexibility index (Phi) is 6.49. The fourth-order valence-corrected chi connectivity index (χ4v) is 3.34. The largest absolute Gasteiger partial charge is 0.497 e. The molecule has 1 aliphatic rings. The van der Waals surface area contributed by atoms with E-state index in [1.807, 2.05) is 12.1 Å². The highest BCUT2D eigenvalue weighted by Crippen LogP contribution is 2.29. The lowest BCUT2D eigenvalue weighted by Gasteiger charge is -2.29. The van der Waals surface area contributed by atoms with Crippen molar-refractivity contribution in [1.29, 1.82) is 0 Å². The van der Waals surface area contributed by atoms with Crippen molar-refractivity contribution in [2.45, 2.75) is 44.6 Å². The van der Waals surface area contributed by atoms with E-state index < -0.39 is 5.60 Å². The van der Waals surface area contributed by atoms with Crippen molar-refractivity contribution in [2.75, 3.05) is 27.2 Å². The third-order valence-electron chi connectivity index (χ3n) is 4.76. The first-order chi connectivity index (χ1) is 11.4. The van der Waals surface area contributed by atoms with Crippen LogP contribution >= 0.6 is 0 Å². The molecule has 5 nitrogen and oxygen atoms in total. The number of nitrogens with one attached hydrogen (secondary N) is 1. The summed E-state index contributed by atoms with van der Waals surface area (Å²) in [6.45, 7) is 3.15. The number of carbonyl (C=O) groups is 1. The van der Waals surface area contributed by atoms with Crippen LogP contribution in [-0.4, -0.2) is 48.9 Å². The van der Waals surface area contributed by atoms with Gasteiger partial charge < -0.3 is 20.1 Å². The molecule has 2 N–H and O–H groups in total. The molecule has 5 heteroatoms. The number of urea groups is 1. The molecule has 0 aliphatic heterocycles. The molecule has 24 heavy (non-hydrogen) atoms. The van der Waals surface area contributed by atoms with Gasteiger partial charge in [0.1, 0.15) is 5.75 Å². The molecule has 2 amide bonds. The zero-order valence-electron chi connectivity index (χ0n) is 15.0. The van der Waals surface area contributed by atoms with Crippen molar-refractivity contribution in [3.8, 4) is 5.75 Å². The van der Waals surface area contributed by atoms with Crippen molar-refractivity contribution < 1.29 is 14.6 Å². The Bertz CT molecular complexity index is 524. The van der Waals surface area contributed by atoms with Gasteiger partial charge in [-0.05, 0) is 42.9 Å². The second-order valence-corrected chi connectivity index (χ2v) is 7.13. The van der Waals surface area contributed by atoms with E-state index in [-0.39, 0.29) is 6.03 Å². The molecule has 0 bridgehead atoms. The summed E-state index contributed by atoms with van der Waals surface area (Å²) in [5.74, 6) is 1.19. The summed E-state index contributed by atoms with van der Waals surface area (Å²) in [6, 6.07) is 7.91. The molecule has 1 saturated carbocycles. The van der Waals surface area contributed by atoms with Gasteiger partial charge in [-0.15, -0.1) is 0 Å². The van der Waals surface area contributed by atoms with Crippen molar-refractivity contribution in [2.24, 2.45) is 5.92 Å². The summed E-state index contributed by atoms with van der Waals surface area (Å²) in [5.41, 5.74) is 0.534. The monoisotopic (exact) mass is 334 g/mol. The molecule has 2 rings (SSSR count). The molecule has 0 spiro atoms. The molecule has 1 atom stereocenters. The van der Waals surface area contributed by atoms with Gasteiger partial charge in [0, 0.05) is 13.6 Å². The lowest BCUT2D eigenvalue weighted by atomic mass is 10.0. The Hall–Kier alpha value is -1.75. The van der Waals surface area contributed by atoms with E-state index in [1.54, 1.807) is 19.1 Å². The van der Waals surface area contributed by atoms with E-state index in [1.165, 1.54) is 5.56 Å². The second-order valence-electron chi connectivity index (χ2n) is 7.13. The normalized spacial score (nSPS) is 17.3. The Labute approximate surface area is 145 Å². The van der Waals surface area contributed by atoms with Gasteiger partial charge in [0.2, 0.25) is 0 Å². The molecule has 134 valence electrons. The van der Waals surface area contributed by atoms with E-state index in [0.29, 0.717) is 19.0 Å². The molecule has 1 fully saturated rings. The minimum atomic E-state index is -0.694. The third-order valence-corrected chi connectivity index (χ3v) is 4.76. The SMILES string of the molecule is COc1ccc(CC(C)CNC(=O)N(C)CC2(O)CCCC2)cc1. The van der Waals surface area contributed by atoms with Gasteiger partial charge in [0.15, 0.2) is 0 Å². The van der Waals surface area contributed by atoms with Crippen LogP contribution in [0.2, 0.25) is 0 Å². The summed E-state index contributed by atoms with van der Waals surface area (Å²) >= 11 is 0. The maximum Gasteiger partial charge on any atom is 0.317 e. The van der Waals surface area contributed by atoms with Gasteiger partial charge in [-0.1, -0.05) is 31.9 Å². The predicted octanol–water partition coefficient (Wildman–Crippen LogP) is 2.82. The number of amides is 2. The minimum absolute atomic E-state index is 0.114. The lowest BCUT2D eigenvalue weighted by molar-refractivity contribution is 0.0247. The Morgan fingerprint density at radius 1 is 1.33 bits per heavy atom. The van der Waals surface area contributed by atoms with E-state index in [4.69, 9.17) is 4.74 Å². The standard InChI is InChI=1S/C19H30N2O3/c1-15(12-16-6-8-17(24-3)9-7-16)13-20-18(22)21(2)14-19(23)10-4-5-11-19/h6-9,15,23H,4-5,10-14H2,1-3H3,(H,20,22). The number of rotatable bonds is 7. The zero-order valence-corrected chi connectivity index (χ0v) is 15.0. The van der Waals surface area contributed by atoms with Crippen LogP contribution in [-0.2, 0) is 6.42 Å². The molecule has 0 heterocycles. The van der Waals surface area contributed by atoms with Gasteiger partial charge in [0.25, 0.3) is 0 Å². The summed E-state index contributed by atoms with van der Waals surface area (Å²) in [6.07, 6.45) is 4.57. The van der Waals surface area contributed by atoms with Crippen LogP contribution in [0.5, 0.6) is 5.75 Å². The zero-order chi connectivity index (χ0) is 17.6. The smallest absolute Gasteiger partial charge is 0.317 e. The van der Waals surface area contributed by atoms with Crippen LogP contribution in [0.3, 0.4) is 0 Å². The third kappa shape index (κ3) is 5.41. The average molecular weight is 334 g/mol. The van der Waals surface area contributed by atoms with Crippen LogP contribution in [0.4, 0.5) is 4.79 Å². The maximum atomic E-state index is 12.2. The van der Waals surface area contributed by atoms with Crippen molar-refractivity contribution in [3.05, 3.63) is 29.8 Å². The van der Waals surface area contributed by atoms with Gasteiger partial charge in [0.05, 0.1) is 19.3 Å². The Balaban J connectivity index is 1.73. The highest BCUT2D eigenvalue weighted by atomic mass is 16.5. The second kappa shape index (κ2) is 8.38. The number of methoxy groups -OCH3 is 1. The van der Waals surface area contributed by atoms with Gasteiger partial charge >= 0.3 is 6.03 Å². The number of nitrogens with zero attached hydrogens (tertiary/aromatic N) is 1. The highest BCUT2D eigenvalue weighted by Gasteiger charge is 2.33. The number of carbonyl (C=O) groups excluding carboxylic acids is 1. The van der Waals surface area contributed by atoms with Gasteiger partial charge in [-0.2, -0.15) is 0 Å². The average Bonchev–Trinajstić information content (AvgIpc) is 2.99. The molecule has 0 aromatic heterocycles. The van der Waals surface area contributed by atoms with Crippen molar-refractivity contribution >= 4 is 6.03 Å². The number of hydrogen-bond acceptors (Lipinski definition) is 3. The molecular formula is C19H30N2O3. The first kappa shape index (κ1) is 18.6. The van der Waals surface area contributed by atoms with Gasteiger partial charge in [-0.25, -0.2) is 4.79 Å². The van der Waals surface area contributed by atoms with E-state index in [2.05, 4.69) is 24.4 Å². The Morgan fingerprint density at radius 2 is 1.96 bits per heavy atom. The van der Waals surface area contributed by atoms with Crippen LogP contribution < -0.4 is 10.1 Å². The quantitative estimate of drug-likeness (QED) is 0.806. The van der Waals surface area contributed by atoms with Crippen LogP contribution in [0.1, 0.15) is 38.2 Å². The molecular weight excluding hydrogens is 304 g/mol. The van der Waals surface area contributed by atoms with Crippen LogP contribution in [0, 0.1) is 5.92 Å². The molecule has 1 aliphatic carbocycles. The lowest BCUT2D eigenvalue weighted by Crippen LogP contribution is -2.47. The highest BCUT2D eigenvalue weighted by molar-refractivity contribution is 5.73. The van der Waals surface area contributed by atoms with E-state index in [0.717, 1.165) is 37.9 Å². The van der Waals surface area contributed by atoms with E-state index >= 15 is 0 Å². The molecule has 1 aromatic carbocycles. The summed E-state index contributed by atoms with van der Waals surface area (Å²) in [7, 11) is 3.41. The fourth-order valence-electron chi connectivity index (χ4n) is 3.34. The predicted molar refractivity (Wildman–Crippen MR) is 95.3 cm³/mol. The summed E-state index contributed by atoms with van der Waals surface area (Å²) < 4.78 is 5.16. The Morgan fingerprint density at radius 3 is 2.54 bits per heavy atom. The number of aliphatic hydroxyl groups is 1. The first-order valence-electron chi connectivity index (χ1n) is 8.76. The van der Waals surface area contributed by atoms with Crippen LogP contribution in [0.25, 0.3) is 0 Å². The number of likely N-dealkylation sites (N-methyl/N-ethyl adjacent to an activating group) is 1. The van der Waals surface area contributed by atoms with Gasteiger partial charge in [-0.3, -0.25) is 0 Å². The van der Waals surface area contributed by atoms with Crippen LogP contribution in [0.15, 0.2) is 24.3 Å². The fraction of sp³-hybridized carbons (Fsp3) is 0.632. The molecule has 1 unspecified atom stereocenters. The maximum absolute atomic E-state index is 12.2.